The van der Waals surface area contributed by atoms with Crippen LogP contribution in [0, 0.1) is 18.5 Å². The molecule has 0 aliphatic rings. The molecule has 0 amide bonds. The molecule has 0 aliphatic heterocycles. The number of aromatic nitrogens is 2. The third kappa shape index (κ3) is 2.92. The zero-order valence-electron chi connectivity index (χ0n) is 12.2. The minimum Gasteiger partial charge on any atom is -0.343 e. The van der Waals surface area contributed by atoms with Gasteiger partial charge in [0.25, 0.3) is 0 Å². The average Bonchev–Trinajstić information content (AvgIpc) is 2.31. The molecule has 2 rings (SSSR count). The Hall–Kier alpha value is -1.48. The van der Waals surface area contributed by atoms with Crippen molar-refractivity contribution < 1.29 is 0 Å². The molecule has 100 valence electrons. The van der Waals surface area contributed by atoms with Crippen molar-refractivity contribution in [1.82, 2.24) is 9.97 Å². The van der Waals surface area contributed by atoms with E-state index in [1.54, 1.807) is 0 Å². The summed E-state index contributed by atoms with van der Waals surface area (Å²) in [4.78, 5) is 7.87. The van der Waals surface area contributed by atoms with Gasteiger partial charge in [0, 0.05) is 16.7 Å². The molecule has 1 aromatic heterocycles. The van der Waals surface area contributed by atoms with Gasteiger partial charge in [-0.05, 0) is 31.0 Å². The Morgan fingerprint density at radius 1 is 1.16 bits per heavy atom. The Balaban J connectivity index is 2.67. The summed E-state index contributed by atoms with van der Waals surface area (Å²) in [7, 11) is 0. The van der Waals surface area contributed by atoms with Crippen molar-refractivity contribution in [3.8, 4) is 11.3 Å². The zero-order valence-corrected chi connectivity index (χ0v) is 13.0. The van der Waals surface area contributed by atoms with Crippen molar-refractivity contribution in [2.45, 2.75) is 40.0 Å². The van der Waals surface area contributed by atoms with Crippen LogP contribution in [0.15, 0.2) is 24.3 Å². The Kier molecular flexibility index (Phi) is 3.59. The van der Waals surface area contributed by atoms with E-state index in [1.807, 2.05) is 6.07 Å². The predicted molar refractivity (Wildman–Crippen MR) is 83.0 cm³/mol. The van der Waals surface area contributed by atoms with Crippen LogP contribution in [0.5, 0.6) is 0 Å². The smallest absolute Gasteiger partial charge is 0.130 e. The summed E-state index contributed by atoms with van der Waals surface area (Å²) in [6, 6.07) is 8.26. The van der Waals surface area contributed by atoms with Gasteiger partial charge in [-0.2, -0.15) is 0 Å². The number of benzene rings is 1. The van der Waals surface area contributed by atoms with E-state index < -0.39 is 0 Å². The minimum absolute atomic E-state index is 0.0404. The molecule has 2 aromatic rings. The average molecular weight is 272 g/mol. The van der Waals surface area contributed by atoms with Gasteiger partial charge in [0.05, 0.1) is 0 Å². The molecular weight excluding hydrogens is 252 g/mol. The fraction of sp³-hybridized carbons (Fsp3) is 0.375. The molecule has 0 bridgehead atoms. The summed E-state index contributed by atoms with van der Waals surface area (Å²) in [5, 5.41) is 0. The molecule has 0 saturated carbocycles. The van der Waals surface area contributed by atoms with Crippen LogP contribution in [0.25, 0.3) is 11.3 Å². The zero-order chi connectivity index (χ0) is 14.2. The quantitative estimate of drug-likeness (QED) is 0.761. The van der Waals surface area contributed by atoms with Crippen LogP contribution in [-0.4, -0.2) is 9.97 Å². The highest BCUT2D eigenvalue weighted by molar-refractivity contribution is 7.71. The number of nitrogens with one attached hydrogen (secondary N) is 1. The van der Waals surface area contributed by atoms with Crippen molar-refractivity contribution in [3.05, 3.63) is 45.9 Å². The molecular formula is C16H20N2S. The third-order valence-electron chi connectivity index (χ3n) is 3.35. The van der Waals surface area contributed by atoms with E-state index in [4.69, 9.17) is 12.2 Å². The molecule has 0 atom stereocenters. The third-order valence-corrected chi connectivity index (χ3v) is 3.56. The fourth-order valence-electron chi connectivity index (χ4n) is 2.00. The summed E-state index contributed by atoms with van der Waals surface area (Å²) >= 11 is 5.30. The van der Waals surface area contributed by atoms with Crippen LogP contribution in [0.1, 0.15) is 37.7 Å². The Bertz CT molecular complexity index is 663. The van der Waals surface area contributed by atoms with Gasteiger partial charge in [-0.25, -0.2) is 4.98 Å². The molecule has 19 heavy (non-hydrogen) atoms. The first-order chi connectivity index (χ1) is 8.79. The van der Waals surface area contributed by atoms with Gasteiger partial charge in [0.1, 0.15) is 10.5 Å². The lowest BCUT2D eigenvalue weighted by Gasteiger charge is -2.19. The summed E-state index contributed by atoms with van der Waals surface area (Å²) in [5.41, 5.74) is 4.76. The second kappa shape index (κ2) is 4.89. The van der Waals surface area contributed by atoms with Gasteiger partial charge in [0.15, 0.2) is 0 Å². The topological polar surface area (TPSA) is 28.7 Å². The number of rotatable bonds is 1. The second-order valence-corrected chi connectivity index (χ2v) is 6.40. The summed E-state index contributed by atoms with van der Waals surface area (Å²) in [6.07, 6.45) is 0. The van der Waals surface area contributed by atoms with Crippen molar-refractivity contribution in [1.29, 1.82) is 0 Å². The Labute approximate surface area is 119 Å². The molecule has 1 N–H and O–H groups in total. The van der Waals surface area contributed by atoms with E-state index in [9.17, 15) is 0 Å². The monoisotopic (exact) mass is 272 g/mol. The van der Waals surface area contributed by atoms with Crippen LogP contribution in [-0.2, 0) is 5.41 Å². The van der Waals surface area contributed by atoms with Crippen LogP contribution in [0.4, 0.5) is 0 Å². The molecule has 3 heteroatoms. The van der Waals surface area contributed by atoms with Gasteiger partial charge in [-0.15, -0.1) is 0 Å². The molecule has 0 unspecified atom stereocenters. The van der Waals surface area contributed by atoms with Crippen molar-refractivity contribution in [2.75, 3.05) is 0 Å². The number of aromatic amines is 1. The van der Waals surface area contributed by atoms with E-state index in [2.05, 4.69) is 62.8 Å². The SMILES string of the molecule is Cc1cccc(-c2cc(=S)nc(C(C)(C)C)[nH]2)c1C. The summed E-state index contributed by atoms with van der Waals surface area (Å²) < 4.78 is 0.639. The first kappa shape index (κ1) is 13.9. The van der Waals surface area contributed by atoms with Gasteiger partial charge < -0.3 is 4.98 Å². The summed E-state index contributed by atoms with van der Waals surface area (Å²) in [5.74, 6) is 0.927. The lowest BCUT2D eigenvalue weighted by Crippen LogP contribution is -2.16. The highest BCUT2D eigenvalue weighted by Gasteiger charge is 2.17. The second-order valence-electron chi connectivity index (χ2n) is 5.98. The normalized spacial score (nSPS) is 11.6. The van der Waals surface area contributed by atoms with Crippen LogP contribution < -0.4 is 0 Å². The molecule has 0 aliphatic carbocycles. The molecule has 1 aromatic carbocycles. The number of hydrogen-bond donors (Lipinski definition) is 1. The van der Waals surface area contributed by atoms with E-state index in [0.29, 0.717) is 4.64 Å². The predicted octanol–water partition coefficient (Wildman–Crippen LogP) is 4.72. The van der Waals surface area contributed by atoms with Crippen molar-refractivity contribution >= 4 is 12.2 Å². The molecule has 0 spiro atoms. The van der Waals surface area contributed by atoms with E-state index in [-0.39, 0.29) is 5.41 Å². The van der Waals surface area contributed by atoms with E-state index >= 15 is 0 Å². The molecule has 0 fully saturated rings. The minimum atomic E-state index is -0.0404. The maximum absolute atomic E-state index is 5.30. The Morgan fingerprint density at radius 2 is 1.84 bits per heavy atom. The fourth-order valence-corrected chi connectivity index (χ4v) is 2.21. The van der Waals surface area contributed by atoms with Crippen molar-refractivity contribution in [3.63, 3.8) is 0 Å². The van der Waals surface area contributed by atoms with E-state index in [1.165, 1.54) is 16.7 Å². The molecule has 0 saturated heterocycles. The lowest BCUT2D eigenvalue weighted by molar-refractivity contribution is 0.545. The number of aryl methyl sites for hydroxylation is 1. The van der Waals surface area contributed by atoms with Crippen LogP contribution in [0.3, 0.4) is 0 Å². The Morgan fingerprint density at radius 3 is 2.47 bits per heavy atom. The highest BCUT2D eigenvalue weighted by atomic mass is 32.1. The maximum Gasteiger partial charge on any atom is 0.130 e. The van der Waals surface area contributed by atoms with Gasteiger partial charge in [-0.1, -0.05) is 51.2 Å². The first-order valence-corrected chi connectivity index (χ1v) is 6.88. The van der Waals surface area contributed by atoms with Crippen molar-refractivity contribution in [2.24, 2.45) is 0 Å². The maximum atomic E-state index is 5.30. The molecule has 0 radical (unpaired) electrons. The first-order valence-electron chi connectivity index (χ1n) is 6.47. The van der Waals surface area contributed by atoms with Crippen LogP contribution in [0.2, 0.25) is 0 Å². The summed E-state index contributed by atoms with van der Waals surface area (Å²) in [6.45, 7) is 10.7. The number of nitrogens with zero attached hydrogens (tertiary/aromatic N) is 1. The standard InChI is InChI=1S/C16H20N2S/c1-10-7-6-8-12(11(10)2)13-9-14(19)18-15(17-13)16(3,4)5/h6-9H,1-5H3,(H,17,18,19). The van der Waals surface area contributed by atoms with Gasteiger partial charge in [-0.3, -0.25) is 0 Å². The number of hydrogen-bond acceptors (Lipinski definition) is 2. The van der Waals surface area contributed by atoms with Crippen LogP contribution >= 0.6 is 12.2 Å². The highest BCUT2D eigenvalue weighted by Crippen LogP contribution is 2.26. The largest absolute Gasteiger partial charge is 0.343 e. The lowest BCUT2D eigenvalue weighted by atomic mass is 9.95. The van der Waals surface area contributed by atoms with Gasteiger partial charge in [0.2, 0.25) is 0 Å². The molecule has 1 heterocycles. The number of H-pyrrole nitrogens is 1. The van der Waals surface area contributed by atoms with E-state index in [0.717, 1.165) is 11.5 Å². The van der Waals surface area contributed by atoms with Gasteiger partial charge >= 0.3 is 0 Å². The molecule has 2 nitrogen and oxygen atoms in total.